The number of rotatable bonds is 6. The standard InChI is InChI=1S/C7H16N3OP/c1-6(12-3)7(8-2)4-9-10-5-11/h4-8,12H,1-3H3,(H,10,11)/b9-4-. The van der Waals surface area contributed by atoms with Crippen LogP contribution in [0.3, 0.4) is 0 Å². The molecule has 0 bridgehead atoms. The Kier molecular flexibility index (Phi) is 6.91. The van der Waals surface area contributed by atoms with Crippen molar-refractivity contribution in [2.75, 3.05) is 13.7 Å². The molecule has 70 valence electrons. The number of nitrogens with one attached hydrogen (secondary N) is 2. The van der Waals surface area contributed by atoms with E-state index < -0.39 is 0 Å². The van der Waals surface area contributed by atoms with Gasteiger partial charge in [-0.15, -0.1) is 8.58 Å². The Bertz CT molecular complexity index is 152. The predicted molar refractivity (Wildman–Crippen MR) is 54.2 cm³/mol. The fraction of sp³-hybridized carbons (Fsp3) is 0.714. The third-order valence-corrected chi connectivity index (χ3v) is 2.96. The van der Waals surface area contributed by atoms with Crippen LogP contribution in [0.4, 0.5) is 0 Å². The van der Waals surface area contributed by atoms with Gasteiger partial charge in [0.15, 0.2) is 0 Å². The number of amides is 1. The summed E-state index contributed by atoms with van der Waals surface area (Å²) in [5.74, 6) is 0. The van der Waals surface area contributed by atoms with E-state index >= 15 is 0 Å². The third-order valence-electron chi connectivity index (χ3n) is 1.69. The highest BCUT2D eigenvalue weighted by molar-refractivity contribution is 7.38. The van der Waals surface area contributed by atoms with Gasteiger partial charge in [-0.2, -0.15) is 5.10 Å². The molecule has 0 heterocycles. The Hall–Kier alpha value is -0.470. The molecule has 0 rings (SSSR count). The van der Waals surface area contributed by atoms with Gasteiger partial charge in [-0.1, -0.05) is 6.92 Å². The lowest BCUT2D eigenvalue weighted by molar-refractivity contribution is -0.109. The SMILES string of the molecule is CNC(/C=N\NC=O)C(C)PC. The van der Waals surface area contributed by atoms with Gasteiger partial charge in [-0.3, -0.25) is 10.2 Å². The Morgan fingerprint density at radius 3 is 2.67 bits per heavy atom. The molecule has 0 fully saturated rings. The van der Waals surface area contributed by atoms with Crippen molar-refractivity contribution in [3.8, 4) is 0 Å². The van der Waals surface area contributed by atoms with Gasteiger partial charge in [0, 0.05) is 6.21 Å². The summed E-state index contributed by atoms with van der Waals surface area (Å²) in [4.78, 5) is 9.87. The molecule has 0 aliphatic rings. The normalized spacial score (nSPS) is 16.9. The van der Waals surface area contributed by atoms with Crippen molar-refractivity contribution < 1.29 is 4.79 Å². The molecule has 0 aliphatic carbocycles. The van der Waals surface area contributed by atoms with Crippen LogP contribution in [-0.4, -0.2) is 38.0 Å². The third kappa shape index (κ3) is 4.42. The second-order valence-corrected chi connectivity index (χ2v) is 3.90. The minimum Gasteiger partial charge on any atom is -0.312 e. The smallest absolute Gasteiger partial charge is 0.227 e. The van der Waals surface area contributed by atoms with Crippen LogP contribution in [0.5, 0.6) is 0 Å². The second kappa shape index (κ2) is 7.19. The van der Waals surface area contributed by atoms with Crippen LogP contribution in [0, 0.1) is 0 Å². The summed E-state index contributed by atoms with van der Waals surface area (Å²) < 4.78 is 0. The quantitative estimate of drug-likeness (QED) is 0.267. The topological polar surface area (TPSA) is 53.5 Å². The largest absolute Gasteiger partial charge is 0.312 e. The molecule has 2 N–H and O–H groups in total. The maximum atomic E-state index is 9.87. The van der Waals surface area contributed by atoms with E-state index in [1.165, 1.54) is 0 Å². The van der Waals surface area contributed by atoms with Crippen molar-refractivity contribution in [1.29, 1.82) is 0 Å². The monoisotopic (exact) mass is 189 g/mol. The van der Waals surface area contributed by atoms with E-state index in [2.05, 4.69) is 29.4 Å². The van der Waals surface area contributed by atoms with Crippen LogP contribution in [-0.2, 0) is 4.79 Å². The highest BCUT2D eigenvalue weighted by atomic mass is 31.1. The molecule has 0 aromatic rings. The molecule has 0 spiro atoms. The van der Waals surface area contributed by atoms with Crippen LogP contribution >= 0.6 is 8.58 Å². The Balaban J connectivity index is 3.88. The summed E-state index contributed by atoms with van der Waals surface area (Å²) in [7, 11) is 2.74. The average molecular weight is 189 g/mol. The summed E-state index contributed by atoms with van der Waals surface area (Å²) in [6, 6.07) is 0.237. The first-order valence-electron chi connectivity index (χ1n) is 3.83. The van der Waals surface area contributed by atoms with E-state index in [0.717, 1.165) is 8.58 Å². The van der Waals surface area contributed by atoms with E-state index in [4.69, 9.17) is 0 Å². The van der Waals surface area contributed by atoms with Gasteiger partial charge >= 0.3 is 0 Å². The van der Waals surface area contributed by atoms with Crippen molar-refractivity contribution >= 4 is 21.2 Å². The van der Waals surface area contributed by atoms with Crippen molar-refractivity contribution in [2.24, 2.45) is 5.10 Å². The number of carbonyl (C=O) groups is 1. The number of hydrogen-bond donors (Lipinski definition) is 2. The zero-order valence-corrected chi connectivity index (χ0v) is 8.66. The summed E-state index contributed by atoms with van der Waals surface area (Å²) in [5.41, 5.74) is 2.79. The molecule has 0 saturated heterocycles. The lowest BCUT2D eigenvalue weighted by Crippen LogP contribution is -2.35. The average Bonchev–Trinajstić information content (AvgIpc) is 2.11. The lowest BCUT2D eigenvalue weighted by Gasteiger charge is -2.17. The Morgan fingerprint density at radius 1 is 1.58 bits per heavy atom. The first-order chi connectivity index (χ1) is 5.76. The van der Waals surface area contributed by atoms with Gasteiger partial charge < -0.3 is 5.32 Å². The van der Waals surface area contributed by atoms with Gasteiger partial charge in [0.2, 0.25) is 6.41 Å². The van der Waals surface area contributed by atoms with Crippen molar-refractivity contribution in [1.82, 2.24) is 10.7 Å². The highest BCUT2D eigenvalue weighted by Gasteiger charge is 2.09. The van der Waals surface area contributed by atoms with E-state index in [9.17, 15) is 4.79 Å². The lowest BCUT2D eigenvalue weighted by atomic mass is 10.2. The zero-order chi connectivity index (χ0) is 9.40. The fourth-order valence-corrected chi connectivity index (χ4v) is 1.40. The molecular weight excluding hydrogens is 173 g/mol. The fourth-order valence-electron chi connectivity index (χ4n) is 0.787. The number of nitrogens with zero attached hydrogens (tertiary/aromatic N) is 1. The number of hydrogen-bond acceptors (Lipinski definition) is 3. The Morgan fingerprint density at radius 2 is 2.25 bits per heavy atom. The molecule has 1 amide bonds. The molecule has 0 saturated carbocycles. The first-order valence-corrected chi connectivity index (χ1v) is 5.40. The van der Waals surface area contributed by atoms with Gasteiger partial charge in [0.25, 0.3) is 0 Å². The molecule has 3 atom stereocenters. The van der Waals surface area contributed by atoms with Crippen LogP contribution in [0.2, 0.25) is 0 Å². The summed E-state index contributed by atoms with van der Waals surface area (Å²) >= 11 is 0. The maximum absolute atomic E-state index is 9.87. The van der Waals surface area contributed by atoms with E-state index in [0.29, 0.717) is 12.1 Å². The minimum atomic E-state index is 0.237. The molecule has 0 aliphatic heterocycles. The van der Waals surface area contributed by atoms with Crippen LogP contribution in [0.25, 0.3) is 0 Å². The van der Waals surface area contributed by atoms with Crippen LogP contribution < -0.4 is 10.7 Å². The number of hydrazone groups is 1. The first kappa shape index (κ1) is 11.5. The van der Waals surface area contributed by atoms with Crippen LogP contribution in [0.15, 0.2) is 5.10 Å². The van der Waals surface area contributed by atoms with Crippen LogP contribution in [0.1, 0.15) is 6.92 Å². The highest BCUT2D eigenvalue weighted by Crippen LogP contribution is 2.15. The molecule has 0 aromatic carbocycles. The van der Waals surface area contributed by atoms with E-state index in [1.807, 2.05) is 7.05 Å². The van der Waals surface area contributed by atoms with Gasteiger partial charge in [0.05, 0.1) is 6.04 Å². The molecule has 12 heavy (non-hydrogen) atoms. The predicted octanol–water partition coefficient (Wildman–Crippen LogP) is 0.00300. The van der Waals surface area contributed by atoms with Crippen molar-refractivity contribution in [3.05, 3.63) is 0 Å². The molecule has 3 unspecified atom stereocenters. The van der Waals surface area contributed by atoms with Crippen molar-refractivity contribution in [2.45, 2.75) is 18.6 Å². The second-order valence-electron chi connectivity index (χ2n) is 2.42. The zero-order valence-electron chi connectivity index (χ0n) is 7.66. The van der Waals surface area contributed by atoms with Gasteiger partial charge in [0.1, 0.15) is 0 Å². The van der Waals surface area contributed by atoms with Gasteiger partial charge in [-0.05, 0) is 19.4 Å². The molecule has 5 heteroatoms. The molecule has 0 radical (unpaired) electrons. The van der Waals surface area contributed by atoms with E-state index in [-0.39, 0.29) is 6.04 Å². The number of carbonyl (C=O) groups excluding carboxylic acids is 1. The van der Waals surface area contributed by atoms with Crippen molar-refractivity contribution in [3.63, 3.8) is 0 Å². The summed E-state index contributed by atoms with van der Waals surface area (Å²) in [6.07, 6.45) is 2.28. The summed E-state index contributed by atoms with van der Waals surface area (Å²) in [5, 5.41) is 6.84. The van der Waals surface area contributed by atoms with E-state index in [1.54, 1.807) is 6.21 Å². The molecule has 0 aromatic heterocycles. The maximum Gasteiger partial charge on any atom is 0.227 e. The summed E-state index contributed by atoms with van der Waals surface area (Å²) in [6.45, 7) is 4.29. The minimum absolute atomic E-state index is 0.237. The molecular formula is C7H16N3OP. The molecule has 4 nitrogen and oxygen atoms in total. The van der Waals surface area contributed by atoms with Gasteiger partial charge in [-0.25, -0.2) is 0 Å². The Labute approximate surface area is 75.0 Å².